The quantitative estimate of drug-likeness (QED) is 0.348. The van der Waals surface area contributed by atoms with Crippen molar-refractivity contribution in [2.45, 2.75) is 13.3 Å². The van der Waals surface area contributed by atoms with Gasteiger partial charge in [0.05, 0.1) is 6.54 Å². The lowest BCUT2D eigenvalue weighted by molar-refractivity contribution is -0.124. The molecule has 1 aliphatic rings. The van der Waals surface area contributed by atoms with Crippen LogP contribution in [0.4, 0.5) is 4.79 Å². The van der Waals surface area contributed by atoms with Crippen molar-refractivity contribution in [1.29, 1.82) is 0 Å². The van der Waals surface area contributed by atoms with Crippen LogP contribution < -0.4 is 16.0 Å². The molecule has 0 aliphatic carbocycles. The molecule has 4 N–H and O–H groups in total. The number of aliphatic imine (C=N–C) groups is 1. The molecule has 1 saturated heterocycles. The maximum atomic E-state index is 11.5. The number of urea groups is 1. The zero-order chi connectivity index (χ0) is 18.5. The third kappa shape index (κ3) is 3.96. The van der Waals surface area contributed by atoms with E-state index in [2.05, 4.69) is 51.0 Å². The number of aryl methyl sites for hydroxylation is 1. The maximum Gasteiger partial charge on any atom is 0.324 e. The minimum Gasteiger partial charge on any atom is -0.361 e. The molecule has 26 heavy (non-hydrogen) atoms. The van der Waals surface area contributed by atoms with Crippen LogP contribution in [0.15, 0.2) is 29.4 Å². The Labute approximate surface area is 152 Å². The highest BCUT2D eigenvalue weighted by molar-refractivity contribution is 6.01. The van der Waals surface area contributed by atoms with Crippen molar-refractivity contribution in [3.8, 4) is 0 Å². The summed E-state index contributed by atoms with van der Waals surface area (Å²) in [7, 11) is 1.69. The number of nitrogens with one attached hydrogen (secondary N) is 4. The van der Waals surface area contributed by atoms with E-state index in [1.54, 1.807) is 7.05 Å². The number of hydrogen-bond acceptors (Lipinski definition) is 3. The van der Waals surface area contributed by atoms with E-state index in [1.807, 2.05) is 6.20 Å². The van der Waals surface area contributed by atoms with E-state index in [0.29, 0.717) is 19.0 Å². The second-order valence-electron chi connectivity index (χ2n) is 6.24. The molecule has 1 aliphatic heterocycles. The van der Waals surface area contributed by atoms with Crippen molar-refractivity contribution in [2.24, 2.45) is 4.99 Å². The van der Waals surface area contributed by atoms with E-state index in [1.165, 1.54) is 21.4 Å². The molecule has 0 spiro atoms. The number of amides is 3. The molecule has 138 valence electrons. The number of guanidine groups is 1. The number of fused-ring (bicyclic) bond motifs is 1. The lowest BCUT2D eigenvalue weighted by Gasteiger charge is -2.15. The second-order valence-corrected chi connectivity index (χ2v) is 6.24. The zero-order valence-electron chi connectivity index (χ0n) is 15.1. The van der Waals surface area contributed by atoms with Crippen molar-refractivity contribution in [2.75, 3.05) is 33.2 Å². The van der Waals surface area contributed by atoms with Gasteiger partial charge in [-0.15, -0.1) is 0 Å². The van der Waals surface area contributed by atoms with E-state index in [-0.39, 0.29) is 18.5 Å². The predicted molar refractivity (Wildman–Crippen MR) is 101 cm³/mol. The molecule has 0 saturated carbocycles. The van der Waals surface area contributed by atoms with E-state index >= 15 is 0 Å². The smallest absolute Gasteiger partial charge is 0.324 e. The largest absolute Gasteiger partial charge is 0.361 e. The van der Waals surface area contributed by atoms with Gasteiger partial charge in [-0.05, 0) is 30.5 Å². The molecule has 3 amide bonds. The fraction of sp³-hybridized carbons (Fsp3) is 0.389. The molecule has 0 bridgehead atoms. The summed E-state index contributed by atoms with van der Waals surface area (Å²) in [6, 6.07) is 6.06. The molecule has 0 unspecified atom stereocenters. The third-order valence-electron chi connectivity index (χ3n) is 4.40. The van der Waals surface area contributed by atoms with Gasteiger partial charge in [0.25, 0.3) is 0 Å². The zero-order valence-corrected chi connectivity index (χ0v) is 15.1. The molecular weight excluding hydrogens is 332 g/mol. The van der Waals surface area contributed by atoms with Gasteiger partial charge >= 0.3 is 6.03 Å². The summed E-state index contributed by atoms with van der Waals surface area (Å²) in [6.45, 7) is 3.65. The van der Waals surface area contributed by atoms with Crippen LogP contribution in [0.3, 0.4) is 0 Å². The number of imide groups is 1. The van der Waals surface area contributed by atoms with Crippen molar-refractivity contribution >= 4 is 28.8 Å². The molecular formula is C18H24N6O2. The Hall–Kier alpha value is -3.03. The number of H-pyrrole nitrogens is 1. The summed E-state index contributed by atoms with van der Waals surface area (Å²) < 4.78 is 0. The number of carbonyl (C=O) groups is 2. The molecule has 1 fully saturated rings. The van der Waals surface area contributed by atoms with E-state index in [9.17, 15) is 9.59 Å². The van der Waals surface area contributed by atoms with Crippen molar-refractivity contribution in [3.63, 3.8) is 0 Å². The first-order valence-corrected chi connectivity index (χ1v) is 8.68. The first kappa shape index (κ1) is 17.8. The van der Waals surface area contributed by atoms with E-state index in [0.717, 1.165) is 18.5 Å². The van der Waals surface area contributed by atoms with Crippen LogP contribution in [-0.4, -0.2) is 61.0 Å². The summed E-state index contributed by atoms with van der Waals surface area (Å²) in [5.41, 5.74) is 3.64. The Morgan fingerprint density at radius 3 is 2.81 bits per heavy atom. The number of aromatic amines is 1. The SMILES string of the molecule is CN=C(NCCc1c[nH]c2cc(C)ccc12)NCCN1C(=O)CNC1=O. The summed E-state index contributed by atoms with van der Waals surface area (Å²) in [4.78, 5) is 31.7. The molecule has 2 aromatic rings. The third-order valence-corrected chi connectivity index (χ3v) is 4.40. The van der Waals surface area contributed by atoms with Crippen molar-refractivity contribution in [1.82, 2.24) is 25.8 Å². The van der Waals surface area contributed by atoms with Crippen LogP contribution in [0.2, 0.25) is 0 Å². The van der Waals surface area contributed by atoms with Gasteiger partial charge in [-0.25, -0.2) is 4.79 Å². The summed E-state index contributed by atoms with van der Waals surface area (Å²) >= 11 is 0. The first-order chi connectivity index (χ1) is 12.6. The van der Waals surface area contributed by atoms with Crippen LogP contribution >= 0.6 is 0 Å². The van der Waals surface area contributed by atoms with Gasteiger partial charge in [0, 0.05) is 43.8 Å². The highest BCUT2D eigenvalue weighted by Gasteiger charge is 2.27. The normalized spacial score (nSPS) is 14.8. The van der Waals surface area contributed by atoms with Crippen LogP contribution in [-0.2, 0) is 11.2 Å². The summed E-state index contributed by atoms with van der Waals surface area (Å²) in [6.07, 6.45) is 2.90. The fourth-order valence-electron chi connectivity index (χ4n) is 3.01. The maximum absolute atomic E-state index is 11.5. The molecule has 1 aromatic heterocycles. The van der Waals surface area contributed by atoms with Gasteiger partial charge in [0.2, 0.25) is 5.91 Å². The topological polar surface area (TPSA) is 102 Å². The molecule has 8 nitrogen and oxygen atoms in total. The number of hydrogen-bond donors (Lipinski definition) is 4. The van der Waals surface area contributed by atoms with Gasteiger partial charge in [0.1, 0.15) is 0 Å². The van der Waals surface area contributed by atoms with E-state index < -0.39 is 0 Å². The van der Waals surface area contributed by atoms with Gasteiger partial charge in [-0.1, -0.05) is 12.1 Å². The Morgan fingerprint density at radius 2 is 2.08 bits per heavy atom. The number of benzene rings is 1. The van der Waals surface area contributed by atoms with Crippen LogP contribution in [0, 0.1) is 6.92 Å². The lowest BCUT2D eigenvalue weighted by Crippen LogP contribution is -2.43. The second kappa shape index (κ2) is 7.90. The van der Waals surface area contributed by atoms with Gasteiger partial charge < -0.3 is 20.9 Å². The summed E-state index contributed by atoms with van der Waals surface area (Å²) in [5, 5.41) is 10.1. The highest BCUT2D eigenvalue weighted by atomic mass is 16.2. The van der Waals surface area contributed by atoms with Crippen molar-refractivity contribution in [3.05, 3.63) is 35.5 Å². The Bertz CT molecular complexity index is 825. The molecule has 0 radical (unpaired) electrons. The van der Waals surface area contributed by atoms with Gasteiger partial charge in [-0.2, -0.15) is 0 Å². The Balaban J connectivity index is 1.45. The number of nitrogens with zero attached hydrogens (tertiary/aromatic N) is 2. The minimum absolute atomic E-state index is 0.0793. The average molecular weight is 356 g/mol. The highest BCUT2D eigenvalue weighted by Crippen LogP contribution is 2.19. The number of rotatable bonds is 6. The van der Waals surface area contributed by atoms with Gasteiger partial charge in [0.15, 0.2) is 5.96 Å². The monoisotopic (exact) mass is 356 g/mol. The van der Waals surface area contributed by atoms with E-state index in [4.69, 9.17) is 0 Å². The average Bonchev–Trinajstić information content (AvgIpc) is 3.17. The standard InChI is InChI=1S/C18H24N6O2/c1-12-3-4-14-13(10-22-15(14)9-12)5-6-20-17(19-2)21-7-8-24-16(25)11-23-18(24)26/h3-4,9-10,22H,5-8,11H2,1-2H3,(H,23,26)(H2,19,20,21). The molecule has 0 atom stereocenters. The molecule has 1 aromatic carbocycles. The van der Waals surface area contributed by atoms with Crippen LogP contribution in [0.25, 0.3) is 10.9 Å². The van der Waals surface area contributed by atoms with Crippen LogP contribution in [0.5, 0.6) is 0 Å². The van der Waals surface area contributed by atoms with Crippen molar-refractivity contribution < 1.29 is 9.59 Å². The fourth-order valence-corrected chi connectivity index (χ4v) is 3.01. The van der Waals surface area contributed by atoms with Crippen LogP contribution in [0.1, 0.15) is 11.1 Å². The first-order valence-electron chi connectivity index (χ1n) is 8.68. The summed E-state index contributed by atoms with van der Waals surface area (Å²) in [5.74, 6) is 0.446. The van der Waals surface area contributed by atoms with Gasteiger partial charge in [-0.3, -0.25) is 14.7 Å². The lowest BCUT2D eigenvalue weighted by atomic mass is 10.1. The number of carbonyl (C=O) groups excluding carboxylic acids is 2. The Kier molecular flexibility index (Phi) is 5.40. The number of aromatic nitrogens is 1. The minimum atomic E-state index is -0.339. The predicted octanol–water partition coefficient (Wildman–Crippen LogP) is 0.736. The Morgan fingerprint density at radius 1 is 1.27 bits per heavy atom. The molecule has 2 heterocycles. The molecule has 8 heteroatoms. The molecule has 3 rings (SSSR count).